The summed E-state index contributed by atoms with van der Waals surface area (Å²) in [6, 6.07) is 3.41. The fourth-order valence-electron chi connectivity index (χ4n) is 2.20. The van der Waals surface area contributed by atoms with Gasteiger partial charge in [0.15, 0.2) is 5.75 Å². The number of hydrogen-bond donors (Lipinski definition) is 2. The lowest BCUT2D eigenvalue weighted by Crippen LogP contribution is -2.32. The lowest BCUT2D eigenvalue weighted by Gasteiger charge is -2.29. The molecule has 3 nitrogen and oxygen atoms in total. The Hall–Kier alpha value is -0.640. The molecule has 2 N–H and O–H groups in total. The summed E-state index contributed by atoms with van der Waals surface area (Å²) in [4.78, 5) is 2.35. The molecule has 1 heterocycles. The predicted molar refractivity (Wildman–Crippen MR) is 76.8 cm³/mol. The highest BCUT2D eigenvalue weighted by atomic mass is 35.5. The first-order valence-electron chi connectivity index (χ1n) is 6.16. The lowest BCUT2D eigenvalue weighted by atomic mass is 9.97. The van der Waals surface area contributed by atoms with Crippen LogP contribution < -0.4 is 5.32 Å². The Morgan fingerprint density at radius 3 is 2.39 bits per heavy atom. The van der Waals surface area contributed by atoms with Gasteiger partial charge < -0.3 is 15.3 Å². The van der Waals surface area contributed by atoms with Gasteiger partial charge in [-0.25, -0.2) is 0 Å². The largest absolute Gasteiger partial charge is 0.505 e. The highest BCUT2D eigenvalue weighted by Gasteiger charge is 2.16. The molecular formula is C13H18Cl2N2O. The molecule has 0 unspecified atom stereocenters. The van der Waals surface area contributed by atoms with Crippen LogP contribution in [0.15, 0.2) is 12.1 Å². The lowest BCUT2D eigenvalue weighted by molar-refractivity contribution is 0.226. The Kier molecular flexibility index (Phi) is 4.60. The maximum absolute atomic E-state index is 9.48. The minimum atomic E-state index is -0.0526. The first kappa shape index (κ1) is 13.8. The van der Waals surface area contributed by atoms with E-state index in [1.54, 1.807) is 12.1 Å². The molecule has 100 valence electrons. The second-order valence-electron chi connectivity index (χ2n) is 4.92. The van der Waals surface area contributed by atoms with E-state index in [1.165, 1.54) is 12.8 Å². The summed E-state index contributed by atoms with van der Waals surface area (Å²) in [6.45, 7) is 3.23. The first-order chi connectivity index (χ1) is 8.56. The Balaban J connectivity index is 1.90. The molecule has 0 spiro atoms. The summed E-state index contributed by atoms with van der Waals surface area (Å²) in [6.07, 6.45) is 2.42. The van der Waals surface area contributed by atoms with E-state index in [0.717, 1.165) is 25.3 Å². The molecule has 1 saturated heterocycles. The molecule has 0 aromatic heterocycles. The topological polar surface area (TPSA) is 35.5 Å². The Morgan fingerprint density at radius 2 is 1.83 bits per heavy atom. The van der Waals surface area contributed by atoms with Gasteiger partial charge in [0, 0.05) is 12.2 Å². The van der Waals surface area contributed by atoms with E-state index in [-0.39, 0.29) is 15.8 Å². The van der Waals surface area contributed by atoms with Crippen molar-refractivity contribution in [3.05, 3.63) is 22.2 Å². The zero-order chi connectivity index (χ0) is 13.1. The molecule has 0 aliphatic carbocycles. The second-order valence-corrected chi connectivity index (χ2v) is 5.73. The smallest absolute Gasteiger partial charge is 0.152 e. The van der Waals surface area contributed by atoms with Crippen LogP contribution in [-0.2, 0) is 0 Å². The third kappa shape index (κ3) is 3.44. The van der Waals surface area contributed by atoms with Gasteiger partial charge in [0.2, 0.25) is 0 Å². The number of phenols is 1. The summed E-state index contributed by atoms with van der Waals surface area (Å²) in [5, 5.41) is 13.4. The van der Waals surface area contributed by atoms with Crippen molar-refractivity contribution < 1.29 is 5.11 Å². The third-order valence-electron chi connectivity index (χ3n) is 3.45. The summed E-state index contributed by atoms with van der Waals surface area (Å²) in [5.41, 5.74) is 0.863. The van der Waals surface area contributed by atoms with Crippen LogP contribution in [0.1, 0.15) is 12.8 Å². The number of halogens is 2. The molecule has 1 aromatic rings. The zero-order valence-electron chi connectivity index (χ0n) is 10.4. The van der Waals surface area contributed by atoms with E-state index >= 15 is 0 Å². The number of piperidine rings is 1. The van der Waals surface area contributed by atoms with Crippen molar-refractivity contribution in [1.82, 2.24) is 4.90 Å². The van der Waals surface area contributed by atoms with E-state index in [0.29, 0.717) is 5.92 Å². The molecule has 0 atom stereocenters. The van der Waals surface area contributed by atoms with Crippen LogP contribution in [0.25, 0.3) is 0 Å². The van der Waals surface area contributed by atoms with Crippen molar-refractivity contribution in [3.8, 4) is 5.75 Å². The fraction of sp³-hybridized carbons (Fsp3) is 0.538. The summed E-state index contributed by atoms with van der Waals surface area (Å²) >= 11 is 11.8. The molecule has 0 saturated carbocycles. The van der Waals surface area contributed by atoms with Gasteiger partial charge in [-0.05, 0) is 51.0 Å². The number of nitrogens with zero attached hydrogens (tertiary/aromatic N) is 1. The molecule has 1 aliphatic heterocycles. The van der Waals surface area contributed by atoms with E-state index in [2.05, 4.69) is 17.3 Å². The van der Waals surface area contributed by atoms with Crippen molar-refractivity contribution in [2.45, 2.75) is 12.8 Å². The van der Waals surface area contributed by atoms with Crippen molar-refractivity contribution in [1.29, 1.82) is 0 Å². The Bertz CT molecular complexity index is 394. The van der Waals surface area contributed by atoms with Gasteiger partial charge in [-0.2, -0.15) is 0 Å². The van der Waals surface area contributed by atoms with Gasteiger partial charge >= 0.3 is 0 Å². The maximum Gasteiger partial charge on any atom is 0.152 e. The minimum absolute atomic E-state index is 0.0526. The van der Waals surface area contributed by atoms with Gasteiger partial charge in [0.05, 0.1) is 10.0 Å². The zero-order valence-corrected chi connectivity index (χ0v) is 11.9. The van der Waals surface area contributed by atoms with E-state index in [4.69, 9.17) is 23.2 Å². The standard InChI is InChI=1S/C13H18Cl2N2O/c1-17-4-2-9(3-5-17)8-16-10-6-11(14)13(18)12(15)7-10/h6-7,9,16,18H,2-5,8H2,1H3. The normalized spacial score (nSPS) is 17.9. The van der Waals surface area contributed by atoms with E-state index in [9.17, 15) is 5.11 Å². The molecule has 0 amide bonds. The predicted octanol–water partition coefficient (Wildman–Crippen LogP) is 3.45. The summed E-state index contributed by atoms with van der Waals surface area (Å²) < 4.78 is 0. The molecule has 5 heteroatoms. The quantitative estimate of drug-likeness (QED) is 0.837. The molecule has 0 radical (unpaired) electrons. The number of hydrogen-bond acceptors (Lipinski definition) is 3. The summed E-state index contributed by atoms with van der Waals surface area (Å²) in [7, 11) is 2.16. The van der Waals surface area contributed by atoms with Gasteiger partial charge in [-0.15, -0.1) is 0 Å². The maximum atomic E-state index is 9.48. The van der Waals surface area contributed by atoms with Crippen LogP contribution in [0.3, 0.4) is 0 Å². The molecule has 0 bridgehead atoms. The number of anilines is 1. The van der Waals surface area contributed by atoms with Crippen molar-refractivity contribution in [2.75, 3.05) is 32.0 Å². The van der Waals surface area contributed by atoms with Gasteiger partial charge in [0.1, 0.15) is 0 Å². The fourth-order valence-corrected chi connectivity index (χ4v) is 2.68. The Labute approximate surface area is 118 Å². The van der Waals surface area contributed by atoms with Crippen LogP contribution in [0.5, 0.6) is 5.75 Å². The highest BCUT2D eigenvalue weighted by Crippen LogP contribution is 2.34. The molecule has 1 aliphatic rings. The highest BCUT2D eigenvalue weighted by molar-refractivity contribution is 6.37. The van der Waals surface area contributed by atoms with Crippen molar-refractivity contribution >= 4 is 28.9 Å². The van der Waals surface area contributed by atoms with Crippen LogP contribution >= 0.6 is 23.2 Å². The van der Waals surface area contributed by atoms with Crippen LogP contribution in [0, 0.1) is 5.92 Å². The monoisotopic (exact) mass is 288 g/mol. The molecule has 2 rings (SSSR count). The molecule has 1 fully saturated rings. The Morgan fingerprint density at radius 1 is 1.28 bits per heavy atom. The number of nitrogens with one attached hydrogen (secondary N) is 1. The average Bonchev–Trinajstić information content (AvgIpc) is 2.35. The number of aromatic hydroxyl groups is 1. The first-order valence-corrected chi connectivity index (χ1v) is 6.92. The average molecular weight is 289 g/mol. The SMILES string of the molecule is CN1CCC(CNc2cc(Cl)c(O)c(Cl)c2)CC1. The third-order valence-corrected chi connectivity index (χ3v) is 4.03. The number of benzene rings is 1. The van der Waals surface area contributed by atoms with Crippen LogP contribution in [0.2, 0.25) is 10.0 Å². The van der Waals surface area contributed by atoms with Crippen LogP contribution in [0.4, 0.5) is 5.69 Å². The molecule has 1 aromatic carbocycles. The van der Waals surface area contributed by atoms with Crippen LogP contribution in [-0.4, -0.2) is 36.7 Å². The van der Waals surface area contributed by atoms with E-state index < -0.39 is 0 Å². The summed E-state index contributed by atoms with van der Waals surface area (Å²) in [5.74, 6) is 0.635. The van der Waals surface area contributed by atoms with Crippen molar-refractivity contribution in [2.24, 2.45) is 5.92 Å². The van der Waals surface area contributed by atoms with Gasteiger partial charge in [-0.3, -0.25) is 0 Å². The van der Waals surface area contributed by atoms with Crippen molar-refractivity contribution in [3.63, 3.8) is 0 Å². The number of likely N-dealkylation sites (tertiary alicyclic amines) is 1. The minimum Gasteiger partial charge on any atom is -0.505 e. The van der Waals surface area contributed by atoms with Gasteiger partial charge in [0.25, 0.3) is 0 Å². The second kappa shape index (κ2) is 6.00. The van der Waals surface area contributed by atoms with E-state index in [1.807, 2.05) is 0 Å². The number of phenolic OH excluding ortho intramolecular Hbond substituents is 1. The molecular weight excluding hydrogens is 271 g/mol. The number of rotatable bonds is 3. The van der Waals surface area contributed by atoms with Gasteiger partial charge in [-0.1, -0.05) is 23.2 Å². The molecule has 18 heavy (non-hydrogen) atoms.